The molecule has 1 saturated heterocycles. The number of nitrogens with one attached hydrogen (secondary N) is 1. The topological polar surface area (TPSA) is 70.6 Å². The molecule has 0 saturated carbocycles. The summed E-state index contributed by atoms with van der Waals surface area (Å²) in [6.07, 6.45) is 2.25. The minimum atomic E-state index is -0.453. The lowest BCUT2D eigenvalue weighted by Gasteiger charge is -2.40. The van der Waals surface area contributed by atoms with Gasteiger partial charge in [0.2, 0.25) is 5.88 Å². The van der Waals surface area contributed by atoms with Gasteiger partial charge in [-0.15, -0.1) is 0 Å². The van der Waals surface area contributed by atoms with Crippen LogP contribution in [0, 0.1) is 5.82 Å². The molecule has 2 aromatic carbocycles. The molecule has 0 bridgehead atoms. The van der Waals surface area contributed by atoms with E-state index in [1.807, 2.05) is 36.1 Å². The van der Waals surface area contributed by atoms with E-state index in [0.29, 0.717) is 25.5 Å². The number of carbonyl (C=O) groups excluding carboxylic acids is 1. The predicted molar refractivity (Wildman–Crippen MR) is 122 cm³/mol. The summed E-state index contributed by atoms with van der Waals surface area (Å²) < 4.78 is 19.5. The molecule has 0 radical (unpaired) electrons. The molecule has 1 N–H and O–H groups in total. The number of anilines is 2. The summed E-state index contributed by atoms with van der Waals surface area (Å²) in [6.45, 7) is 5.85. The fourth-order valence-corrected chi connectivity index (χ4v) is 3.80. The second-order valence-corrected chi connectivity index (χ2v) is 7.68. The summed E-state index contributed by atoms with van der Waals surface area (Å²) in [5.74, 6) is 0.601. The van der Waals surface area contributed by atoms with E-state index in [-0.39, 0.29) is 23.7 Å². The number of piperazine rings is 1. The smallest absolute Gasteiger partial charge is 0.322 e. The van der Waals surface area contributed by atoms with Crippen molar-refractivity contribution in [2.45, 2.75) is 26.3 Å². The lowest BCUT2D eigenvalue weighted by Crippen LogP contribution is -2.55. The number of rotatable bonds is 5. The molecule has 1 aliphatic rings. The summed E-state index contributed by atoms with van der Waals surface area (Å²) >= 11 is 0. The quantitative estimate of drug-likeness (QED) is 0.628. The van der Waals surface area contributed by atoms with Crippen molar-refractivity contribution in [3.8, 4) is 11.6 Å². The zero-order valence-electron chi connectivity index (χ0n) is 18.2. The molecule has 1 atom stereocenters. The van der Waals surface area contributed by atoms with Gasteiger partial charge in [0.05, 0.1) is 0 Å². The van der Waals surface area contributed by atoms with Gasteiger partial charge in [-0.1, -0.05) is 37.3 Å². The maximum absolute atomic E-state index is 13.9. The Morgan fingerprint density at radius 1 is 1.16 bits per heavy atom. The third-order valence-electron chi connectivity index (χ3n) is 5.53. The number of nitrogens with zero attached hydrogens (tertiary/aromatic N) is 4. The van der Waals surface area contributed by atoms with Gasteiger partial charge in [0.1, 0.15) is 12.1 Å². The van der Waals surface area contributed by atoms with Crippen LogP contribution < -0.4 is 15.0 Å². The first-order valence-corrected chi connectivity index (χ1v) is 10.7. The van der Waals surface area contributed by atoms with Crippen molar-refractivity contribution in [2.24, 2.45) is 0 Å². The molecular weight excluding hydrogens is 409 g/mol. The molecule has 166 valence electrons. The molecule has 2 heterocycles. The number of amides is 2. The highest BCUT2D eigenvalue weighted by Gasteiger charge is 2.28. The monoisotopic (exact) mass is 435 g/mol. The molecule has 2 amide bonds. The minimum Gasteiger partial charge on any atom is -0.436 e. The van der Waals surface area contributed by atoms with Crippen LogP contribution in [-0.4, -0.2) is 46.6 Å². The average molecular weight is 436 g/mol. The normalized spacial score (nSPS) is 16.0. The van der Waals surface area contributed by atoms with E-state index in [4.69, 9.17) is 4.74 Å². The maximum atomic E-state index is 13.9. The molecular formula is C24H26FN5O2. The molecule has 7 nitrogen and oxygen atoms in total. The van der Waals surface area contributed by atoms with Gasteiger partial charge in [-0.05, 0) is 37.1 Å². The number of aromatic nitrogens is 2. The Bertz CT molecular complexity index is 1090. The zero-order valence-corrected chi connectivity index (χ0v) is 18.2. The van der Waals surface area contributed by atoms with Gasteiger partial charge in [0.15, 0.2) is 11.6 Å². The number of urea groups is 1. The average Bonchev–Trinajstić information content (AvgIpc) is 2.81. The summed E-state index contributed by atoms with van der Waals surface area (Å²) in [6, 6.07) is 15.6. The Hall–Kier alpha value is -3.68. The van der Waals surface area contributed by atoms with E-state index in [0.717, 1.165) is 17.7 Å². The van der Waals surface area contributed by atoms with Crippen molar-refractivity contribution in [3.05, 3.63) is 72.3 Å². The lowest BCUT2D eigenvalue weighted by atomic mass is 10.1. The summed E-state index contributed by atoms with van der Waals surface area (Å²) in [5.41, 5.74) is 1.95. The van der Waals surface area contributed by atoms with E-state index in [2.05, 4.69) is 27.1 Å². The fourth-order valence-electron chi connectivity index (χ4n) is 3.80. The molecule has 0 spiro atoms. The number of hydrogen-bond acceptors (Lipinski definition) is 5. The number of hydrogen-bond donors (Lipinski definition) is 1. The van der Waals surface area contributed by atoms with Crippen LogP contribution in [0.5, 0.6) is 11.6 Å². The van der Waals surface area contributed by atoms with Crippen molar-refractivity contribution in [1.29, 1.82) is 0 Å². The number of para-hydroxylation sites is 2. The Balaban J connectivity index is 1.41. The van der Waals surface area contributed by atoms with E-state index in [1.54, 1.807) is 24.3 Å². The van der Waals surface area contributed by atoms with Crippen LogP contribution in [0.3, 0.4) is 0 Å². The summed E-state index contributed by atoms with van der Waals surface area (Å²) in [7, 11) is 0. The van der Waals surface area contributed by atoms with Gasteiger partial charge in [-0.25, -0.2) is 19.2 Å². The lowest BCUT2D eigenvalue weighted by molar-refractivity contribution is 0.184. The highest BCUT2D eigenvalue weighted by molar-refractivity contribution is 5.90. The Labute approximate surface area is 186 Å². The predicted octanol–water partition coefficient (Wildman–Crippen LogP) is 4.71. The van der Waals surface area contributed by atoms with Gasteiger partial charge >= 0.3 is 6.03 Å². The molecule has 1 fully saturated rings. The number of halogens is 1. The molecule has 0 aliphatic carbocycles. The Morgan fingerprint density at radius 2 is 1.94 bits per heavy atom. The molecule has 8 heteroatoms. The number of aryl methyl sites for hydroxylation is 1. The van der Waals surface area contributed by atoms with E-state index >= 15 is 0 Å². The van der Waals surface area contributed by atoms with Gasteiger partial charge in [-0.2, -0.15) is 0 Å². The molecule has 1 aromatic heterocycles. The van der Waals surface area contributed by atoms with Gasteiger partial charge in [0.25, 0.3) is 0 Å². The van der Waals surface area contributed by atoms with Crippen molar-refractivity contribution in [2.75, 3.05) is 29.9 Å². The highest BCUT2D eigenvalue weighted by Crippen LogP contribution is 2.26. The second-order valence-electron chi connectivity index (χ2n) is 7.68. The van der Waals surface area contributed by atoms with Gasteiger partial charge in [-0.3, -0.25) is 0 Å². The van der Waals surface area contributed by atoms with Crippen LogP contribution in [0.1, 0.15) is 19.4 Å². The second kappa shape index (κ2) is 9.64. The van der Waals surface area contributed by atoms with E-state index in [1.165, 1.54) is 12.4 Å². The highest BCUT2D eigenvalue weighted by atomic mass is 19.1. The van der Waals surface area contributed by atoms with E-state index in [9.17, 15) is 9.18 Å². The van der Waals surface area contributed by atoms with Crippen molar-refractivity contribution in [3.63, 3.8) is 0 Å². The van der Waals surface area contributed by atoms with Crippen LogP contribution in [0.2, 0.25) is 0 Å². The van der Waals surface area contributed by atoms with Gasteiger partial charge in [0, 0.05) is 37.4 Å². The fraction of sp³-hybridized carbons (Fsp3) is 0.292. The Kier molecular flexibility index (Phi) is 6.49. The van der Waals surface area contributed by atoms with Gasteiger partial charge < -0.3 is 19.9 Å². The van der Waals surface area contributed by atoms with Crippen LogP contribution in [0.25, 0.3) is 0 Å². The number of ether oxygens (including phenoxy) is 1. The standard InChI is InChI=1S/C24H26FN5O2/c1-3-18-8-4-6-10-20(18)28-24(31)30-13-12-29(15-17(30)2)22-14-23(27-16-26-22)32-21-11-7-5-9-19(21)25/h4-11,14,16-17H,3,12-13,15H2,1-2H3,(H,28,31)/t17-/m0/s1. The largest absolute Gasteiger partial charge is 0.436 e. The maximum Gasteiger partial charge on any atom is 0.322 e. The first kappa shape index (κ1) is 21.5. The minimum absolute atomic E-state index is 0.0246. The van der Waals surface area contributed by atoms with Crippen molar-refractivity contribution in [1.82, 2.24) is 14.9 Å². The Morgan fingerprint density at radius 3 is 2.72 bits per heavy atom. The van der Waals surface area contributed by atoms with Crippen LogP contribution >= 0.6 is 0 Å². The molecule has 0 unspecified atom stereocenters. The molecule has 32 heavy (non-hydrogen) atoms. The SMILES string of the molecule is CCc1ccccc1NC(=O)N1CCN(c2cc(Oc3ccccc3F)ncn2)C[C@@H]1C. The summed E-state index contributed by atoms with van der Waals surface area (Å²) in [5, 5.41) is 3.05. The first-order valence-electron chi connectivity index (χ1n) is 10.7. The van der Waals surface area contributed by atoms with Crippen LogP contribution in [0.15, 0.2) is 60.9 Å². The zero-order chi connectivity index (χ0) is 22.5. The third kappa shape index (κ3) is 4.80. The summed E-state index contributed by atoms with van der Waals surface area (Å²) in [4.78, 5) is 25.2. The van der Waals surface area contributed by atoms with Crippen molar-refractivity contribution < 1.29 is 13.9 Å². The van der Waals surface area contributed by atoms with Crippen molar-refractivity contribution >= 4 is 17.5 Å². The van der Waals surface area contributed by atoms with Crippen LogP contribution in [-0.2, 0) is 6.42 Å². The third-order valence-corrected chi connectivity index (χ3v) is 5.53. The number of carbonyl (C=O) groups is 1. The molecule has 3 aromatic rings. The molecule has 4 rings (SSSR count). The molecule has 1 aliphatic heterocycles. The van der Waals surface area contributed by atoms with E-state index < -0.39 is 5.82 Å². The number of benzene rings is 2. The first-order chi connectivity index (χ1) is 15.5. The van der Waals surface area contributed by atoms with Crippen LogP contribution in [0.4, 0.5) is 20.7 Å².